The zero-order valence-corrected chi connectivity index (χ0v) is 21.5. The zero-order chi connectivity index (χ0) is 24.7. The first kappa shape index (κ1) is 26.4. The number of ether oxygens (including phenoxy) is 2. The van der Waals surface area contributed by atoms with Gasteiger partial charge in [0.15, 0.2) is 0 Å². The molecule has 2 atom stereocenters. The Morgan fingerprint density at radius 1 is 1.06 bits per heavy atom. The Morgan fingerprint density at radius 2 is 1.76 bits per heavy atom. The molecule has 0 aromatic heterocycles. The van der Waals surface area contributed by atoms with Gasteiger partial charge >= 0.3 is 12.1 Å². The Labute approximate surface area is 212 Å². The maximum atomic E-state index is 13.1. The summed E-state index contributed by atoms with van der Waals surface area (Å²) in [4.78, 5) is 25.6. The van der Waals surface area contributed by atoms with Crippen LogP contribution in [-0.4, -0.2) is 25.2 Å². The molecule has 1 amide bonds. The summed E-state index contributed by atoms with van der Waals surface area (Å²) in [6.07, 6.45) is 4.72. The largest absolute Gasteiger partial charge is 0.467 e. The van der Waals surface area contributed by atoms with Gasteiger partial charge in [0.05, 0.1) is 7.11 Å². The number of amides is 1. The average molecular weight is 506 g/mol. The van der Waals surface area contributed by atoms with E-state index in [0.717, 1.165) is 31.2 Å². The van der Waals surface area contributed by atoms with E-state index in [-0.39, 0.29) is 0 Å². The Kier molecular flexibility index (Phi) is 9.26. The summed E-state index contributed by atoms with van der Waals surface area (Å²) in [7, 11) is 1.33. The van der Waals surface area contributed by atoms with Crippen molar-refractivity contribution in [2.45, 2.75) is 69.9 Å². The van der Waals surface area contributed by atoms with Crippen molar-refractivity contribution in [3.63, 3.8) is 0 Å². The van der Waals surface area contributed by atoms with Gasteiger partial charge in [-0.3, -0.25) is 0 Å². The van der Waals surface area contributed by atoms with E-state index in [1.807, 2.05) is 50.2 Å². The molecule has 0 aliphatic heterocycles. The lowest BCUT2D eigenvalue weighted by Crippen LogP contribution is -2.44. The molecule has 0 radical (unpaired) electrons. The molecule has 0 bridgehead atoms. The highest BCUT2D eigenvalue weighted by molar-refractivity contribution is 6.31. The number of esters is 1. The normalized spacial score (nSPS) is 16.4. The molecule has 5 nitrogen and oxygen atoms in total. The van der Waals surface area contributed by atoms with Crippen LogP contribution in [-0.2, 0) is 19.7 Å². The van der Waals surface area contributed by atoms with Gasteiger partial charge in [0.2, 0.25) is 0 Å². The van der Waals surface area contributed by atoms with E-state index in [0.29, 0.717) is 27.9 Å². The third-order valence-electron chi connectivity index (χ3n) is 6.71. The van der Waals surface area contributed by atoms with Crippen molar-refractivity contribution in [3.8, 4) is 0 Å². The number of rotatable bonds is 8. The summed E-state index contributed by atoms with van der Waals surface area (Å²) in [5, 5.41) is 3.84. The SMILES string of the molecule is COC(=O)[C@H](CC1CCCCC1)NC(=O)OC(c1ccccc1Cl)C(C)(C)c1cccc(Cl)c1. The fourth-order valence-electron chi connectivity index (χ4n) is 4.72. The highest BCUT2D eigenvalue weighted by atomic mass is 35.5. The molecule has 0 heterocycles. The van der Waals surface area contributed by atoms with E-state index >= 15 is 0 Å². The van der Waals surface area contributed by atoms with Gasteiger partial charge in [-0.15, -0.1) is 0 Å². The van der Waals surface area contributed by atoms with Gasteiger partial charge in [-0.2, -0.15) is 0 Å². The Balaban J connectivity index is 1.85. The smallest absolute Gasteiger partial charge is 0.408 e. The summed E-state index contributed by atoms with van der Waals surface area (Å²) < 4.78 is 11.0. The topological polar surface area (TPSA) is 64.6 Å². The summed E-state index contributed by atoms with van der Waals surface area (Å²) in [5.41, 5.74) is 0.896. The third kappa shape index (κ3) is 6.67. The molecule has 0 saturated heterocycles. The molecular weight excluding hydrogens is 473 g/mol. The number of hydrogen-bond acceptors (Lipinski definition) is 4. The van der Waals surface area contributed by atoms with Gasteiger partial charge in [0.25, 0.3) is 0 Å². The number of carbonyl (C=O) groups is 2. The number of methoxy groups -OCH3 is 1. The lowest BCUT2D eigenvalue weighted by atomic mass is 9.76. The molecule has 34 heavy (non-hydrogen) atoms. The van der Waals surface area contributed by atoms with Crippen molar-refractivity contribution in [1.29, 1.82) is 0 Å². The van der Waals surface area contributed by atoms with Crippen LogP contribution < -0.4 is 5.32 Å². The number of hydrogen-bond donors (Lipinski definition) is 1. The van der Waals surface area contributed by atoms with E-state index in [9.17, 15) is 9.59 Å². The van der Waals surface area contributed by atoms with Crippen LogP contribution in [0.1, 0.15) is 69.6 Å². The second kappa shape index (κ2) is 11.9. The van der Waals surface area contributed by atoms with Crippen LogP contribution in [0.4, 0.5) is 4.79 Å². The molecule has 3 rings (SSSR count). The zero-order valence-electron chi connectivity index (χ0n) is 20.0. The first-order chi connectivity index (χ1) is 16.2. The first-order valence-corrected chi connectivity index (χ1v) is 12.5. The predicted octanol–water partition coefficient (Wildman–Crippen LogP) is 7.25. The van der Waals surface area contributed by atoms with Gasteiger partial charge in [0, 0.05) is 21.0 Å². The van der Waals surface area contributed by atoms with Crippen LogP contribution in [0.25, 0.3) is 0 Å². The van der Waals surface area contributed by atoms with E-state index < -0.39 is 29.6 Å². The molecule has 2 aromatic rings. The van der Waals surface area contributed by atoms with Crippen molar-refractivity contribution >= 4 is 35.3 Å². The fourth-order valence-corrected chi connectivity index (χ4v) is 5.15. The molecule has 1 fully saturated rings. The number of carbonyl (C=O) groups excluding carboxylic acids is 2. The van der Waals surface area contributed by atoms with E-state index in [2.05, 4.69) is 5.32 Å². The van der Waals surface area contributed by atoms with Gasteiger partial charge in [-0.25, -0.2) is 9.59 Å². The summed E-state index contributed by atoms with van der Waals surface area (Å²) in [5.74, 6) is -0.0914. The molecule has 1 unspecified atom stereocenters. The van der Waals surface area contributed by atoms with Crippen molar-refractivity contribution in [2.24, 2.45) is 5.92 Å². The molecular formula is C27H33Cl2NO4. The third-order valence-corrected chi connectivity index (χ3v) is 7.29. The Bertz CT molecular complexity index is 988. The minimum absolute atomic E-state index is 0.375. The van der Waals surface area contributed by atoms with Crippen LogP contribution in [0.15, 0.2) is 48.5 Å². The van der Waals surface area contributed by atoms with Crippen molar-refractivity contribution in [2.75, 3.05) is 7.11 Å². The van der Waals surface area contributed by atoms with Crippen LogP contribution in [0.5, 0.6) is 0 Å². The molecule has 184 valence electrons. The van der Waals surface area contributed by atoms with Crippen LogP contribution in [0.3, 0.4) is 0 Å². The highest BCUT2D eigenvalue weighted by Crippen LogP contribution is 2.42. The van der Waals surface area contributed by atoms with Gasteiger partial charge < -0.3 is 14.8 Å². The van der Waals surface area contributed by atoms with E-state index in [4.69, 9.17) is 32.7 Å². The van der Waals surface area contributed by atoms with Crippen LogP contribution >= 0.6 is 23.2 Å². The summed E-state index contributed by atoms with van der Waals surface area (Å²) in [6.45, 7) is 3.94. The molecule has 7 heteroatoms. The summed E-state index contributed by atoms with van der Waals surface area (Å²) in [6, 6.07) is 14.0. The Morgan fingerprint density at radius 3 is 2.41 bits per heavy atom. The summed E-state index contributed by atoms with van der Waals surface area (Å²) >= 11 is 12.8. The maximum Gasteiger partial charge on any atom is 0.408 e. The standard InChI is InChI=1S/C27H33Cl2NO4/c1-27(2,19-12-9-13-20(28)17-19)24(21-14-7-8-15-22(21)29)34-26(32)30-23(25(31)33-3)16-18-10-5-4-6-11-18/h7-9,12-15,17-18,23-24H,4-6,10-11,16H2,1-3H3,(H,30,32)/t23-,24?/m0/s1. The number of halogens is 2. The van der Waals surface area contributed by atoms with Crippen molar-refractivity contribution in [1.82, 2.24) is 5.32 Å². The van der Waals surface area contributed by atoms with Crippen molar-refractivity contribution in [3.05, 3.63) is 69.7 Å². The van der Waals surface area contributed by atoms with E-state index in [1.165, 1.54) is 13.5 Å². The maximum absolute atomic E-state index is 13.1. The van der Waals surface area contributed by atoms with Gasteiger partial charge in [-0.1, -0.05) is 99.5 Å². The predicted molar refractivity (Wildman–Crippen MR) is 135 cm³/mol. The van der Waals surface area contributed by atoms with E-state index in [1.54, 1.807) is 12.1 Å². The monoisotopic (exact) mass is 505 g/mol. The molecule has 1 aliphatic rings. The molecule has 1 N–H and O–H groups in total. The van der Waals surface area contributed by atoms with Gasteiger partial charge in [0.1, 0.15) is 12.1 Å². The fraction of sp³-hybridized carbons (Fsp3) is 0.481. The minimum Gasteiger partial charge on any atom is -0.467 e. The minimum atomic E-state index is -0.762. The molecule has 2 aromatic carbocycles. The molecule has 0 spiro atoms. The highest BCUT2D eigenvalue weighted by Gasteiger charge is 2.38. The number of alkyl carbamates (subject to hydrolysis) is 1. The second-order valence-electron chi connectivity index (χ2n) is 9.50. The van der Waals surface area contributed by atoms with Crippen molar-refractivity contribution < 1.29 is 19.1 Å². The quantitative estimate of drug-likeness (QED) is 0.383. The first-order valence-electron chi connectivity index (χ1n) is 11.8. The second-order valence-corrected chi connectivity index (χ2v) is 10.3. The number of benzene rings is 2. The van der Waals surface area contributed by atoms with Gasteiger partial charge in [-0.05, 0) is 36.1 Å². The lowest BCUT2D eigenvalue weighted by molar-refractivity contribution is -0.143. The lowest BCUT2D eigenvalue weighted by Gasteiger charge is -2.35. The van der Waals surface area contributed by atoms with Crippen LogP contribution in [0.2, 0.25) is 10.0 Å². The molecule has 1 saturated carbocycles. The number of nitrogens with one attached hydrogen (secondary N) is 1. The molecule has 1 aliphatic carbocycles. The Hall–Kier alpha value is -2.24. The van der Waals surface area contributed by atoms with Crippen LogP contribution in [0, 0.1) is 5.92 Å². The average Bonchev–Trinajstić information content (AvgIpc) is 2.83.